The molecule has 0 unspecified atom stereocenters. The van der Waals surface area contributed by atoms with Crippen LogP contribution in [-0.2, 0) is 9.53 Å². The number of Topliss-reactive ketones (excluding diaryl/α,β-unsaturated/α-hetero) is 2. The maximum atomic E-state index is 14.0. The molecule has 36 heavy (non-hydrogen) atoms. The van der Waals surface area contributed by atoms with Crippen LogP contribution in [0, 0.1) is 18.3 Å². The van der Waals surface area contributed by atoms with Gasteiger partial charge in [0.05, 0.1) is 18.9 Å². The number of ketones is 2. The Bertz CT molecular complexity index is 1360. The van der Waals surface area contributed by atoms with E-state index < -0.39 is 11.5 Å². The van der Waals surface area contributed by atoms with Crippen molar-refractivity contribution in [1.82, 2.24) is 0 Å². The molecule has 2 aromatic carbocycles. The van der Waals surface area contributed by atoms with Gasteiger partial charge in [0.2, 0.25) is 0 Å². The highest BCUT2D eigenvalue weighted by Gasteiger charge is 2.51. The molecule has 188 valence electrons. The molecule has 0 amide bonds. The third-order valence-electron chi connectivity index (χ3n) is 7.73. The van der Waals surface area contributed by atoms with Crippen molar-refractivity contribution in [3.05, 3.63) is 75.3 Å². The number of rotatable bonds is 3. The van der Waals surface area contributed by atoms with Crippen molar-refractivity contribution in [2.45, 2.75) is 60.0 Å². The highest BCUT2D eigenvalue weighted by atomic mass is 16.5. The lowest BCUT2D eigenvalue weighted by Crippen LogP contribution is -2.40. The highest BCUT2D eigenvalue weighted by Crippen LogP contribution is 2.59. The van der Waals surface area contributed by atoms with Gasteiger partial charge in [0.15, 0.2) is 11.6 Å². The lowest BCUT2D eigenvalue weighted by atomic mass is 9.67. The second-order valence-electron chi connectivity index (χ2n) is 10.7. The number of carbonyl (C=O) groups is 2. The molecule has 6 nitrogen and oxygen atoms in total. The van der Waals surface area contributed by atoms with E-state index in [-0.39, 0.29) is 41.1 Å². The van der Waals surface area contributed by atoms with Crippen LogP contribution < -0.4 is 9.47 Å². The predicted molar refractivity (Wildman–Crippen MR) is 135 cm³/mol. The summed E-state index contributed by atoms with van der Waals surface area (Å²) in [6.45, 7) is 11.4. The van der Waals surface area contributed by atoms with Crippen molar-refractivity contribution in [2.24, 2.45) is 11.3 Å². The number of fused-ring (bicyclic) bond motifs is 3. The summed E-state index contributed by atoms with van der Waals surface area (Å²) in [5, 5.41) is 11.1. The fourth-order valence-corrected chi connectivity index (χ4v) is 6.00. The smallest absolute Gasteiger partial charge is 0.176 e. The molecule has 1 aliphatic carbocycles. The first-order chi connectivity index (χ1) is 17.0. The van der Waals surface area contributed by atoms with E-state index in [9.17, 15) is 14.7 Å². The maximum Gasteiger partial charge on any atom is 0.176 e. The number of hydrogen-bond acceptors (Lipinski definition) is 6. The minimum Gasteiger partial charge on any atom is -0.507 e. The van der Waals surface area contributed by atoms with E-state index in [2.05, 4.69) is 0 Å². The number of phenolic OH excluding ortho intramolecular Hbond substituents is 1. The molecule has 2 atom stereocenters. The molecule has 5 rings (SSSR count). The molecular formula is C30H32O6. The van der Waals surface area contributed by atoms with Gasteiger partial charge in [-0.3, -0.25) is 9.59 Å². The second-order valence-corrected chi connectivity index (χ2v) is 10.7. The number of benzene rings is 2. The number of methoxy groups -OCH3 is 1. The fraction of sp³-hybridized carbons (Fsp3) is 0.400. The summed E-state index contributed by atoms with van der Waals surface area (Å²) in [5.74, 6) is 0.967. The van der Waals surface area contributed by atoms with Crippen molar-refractivity contribution in [1.29, 1.82) is 0 Å². The van der Waals surface area contributed by atoms with Gasteiger partial charge >= 0.3 is 0 Å². The Hall–Kier alpha value is -3.54. The highest BCUT2D eigenvalue weighted by molar-refractivity contribution is 6.07. The van der Waals surface area contributed by atoms with E-state index in [0.717, 1.165) is 11.1 Å². The molecule has 2 heterocycles. The monoisotopic (exact) mass is 488 g/mol. The number of hydrogen-bond donors (Lipinski definition) is 1. The molecule has 0 spiro atoms. The number of allylic oxidation sites excluding steroid dienone is 3. The summed E-state index contributed by atoms with van der Waals surface area (Å²) < 4.78 is 18.6. The van der Waals surface area contributed by atoms with Gasteiger partial charge in [0.1, 0.15) is 40.4 Å². The molecule has 3 aliphatic rings. The number of ether oxygens (including phenoxy) is 3. The van der Waals surface area contributed by atoms with Gasteiger partial charge in [-0.2, -0.15) is 0 Å². The Balaban J connectivity index is 1.79. The minimum atomic E-state index is -0.874. The molecular weight excluding hydrogens is 456 g/mol. The number of aromatic hydroxyl groups is 1. The molecule has 0 fully saturated rings. The van der Waals surface area contributed by atoms with Crippen molar-refractivity contribution in [3.63, 3.8) is 0 Å². The fourth-order valence-electron chi connectivity index (χ4n) is 6.00. The molecule has 0 aromatic heterocycles. The van der Waals surface area contributed by atoms with Crippen molar-refractivity contribution in [2.75, 3.05) is 7.11 Å². The first kappa shape index (κ1) is 24.2. The van der Waals surface area contributed by atoms with Gasteiger partial charge in [-0.1, -0.05) is 44.2 Å². The van der Waals surface area contributed by atoms with Gasteiger partial charge in [-0.25, -0.2) is 0 Å². The van der Waals surface area contributed by atoms with Crippen molar-refractivity contribution < 1.29 is 28.9 Å². The lowest BCUT2D eigenvalue weighted by Gasteiger charge is -2.42. The maximum absolute atomic E-state index is 14.0. The van der Waals surface area contributed by atoms with E-state index in [0.29, 0.717) is 39.7 Å². The zero-order valence-corrected chi connectivity index (χ0v) is 21.8. The van der Waals surface area contributed by atoms with Crippen LogP contribution in [-0.4, -0.2) is 23.8 Å². The van der Waals surface area contributed by atoms with Crippen molar-refractivity contribution in [3.8, 4) is 17.2 Å². The third kappa shape index (κ3) is 3.23. The normalized spacial score (nSPS) is 22.6. The van der Waals surface area contributed by atoms with Gasteiger partial charge in [0, 0.05) is 28.2 Å². The molecule has 2 aromatic rings. The van der Waals surface area contributed by atoms with Crippen LogP contribution >= 0.6 is 0 Å². The average Bonchev–Trinajstić information content (AvgIpc) is 2.85. The van der Waals surface area contributed by atoms with Gasteiger partial charge < -0.3 is 19.3 Å². The summed E-state index contributed by atoms with van der Waals surface area (Å²) in [5.41, 5.74) is 2.60. The van der Waals surface area contributed by atoms with E-state index in [1.165, 1.54) is 0 Å². The van der Waals surface area contributed by atoms with Gasteiger partial charge in [-0.15, -0.1) is 0 Å². The lowest BCUT2D eigenvalue weighted by molar-refractivity contribution is -0.124. The Labute approximate surface area is 211 Å². The predicted octanol–water partition coefficient (Wildman–Crippen LogP) is 6.32. The first-order valence-electron chi connectivity index (χ1n) is 12.4. The van der Waals surface area contributed by atoms with E-state index in [1.807, 2.05) is 65.0 Å². The molecule has 2 aliphatic heterocycles. The SMILES string of the molecule is COC1=C(C)C2=C(C(=O)C1(C)C)[C@@H](C(C)C)c1c(c(C)c(O)c3c1O[C@H](c1ccccc1)CC3=O)O2. The number of phenols is 1. The molecule has 1 N–H and O–H groups in total. The quantitative estimate of drug-likeness (QED) is 0.544. The molecule has 6 heteroatoms. The zero-order chi connectivity index (χ0) is 26.1. The summed E-state index contributed by atoms with van der Waals surface area (Å²) >= 11 is 0. The van der Waals surface area contributed by atoms with Crippen LogP contribution in [0.2, 0.25) is 0 Å². The molecule has 0 bridgehead atoms. The minimum absolute atomic E-state index is 0.0156. The molecule has 0 radical (unpaired) electrons. The Morgan fingerprint density at radius 1 is 1.08 bits per heavy atom. The average molecular weight is 489 g/mol. The van der Waals surface area contributed by atoms with E-state index in [4.69, 9.17) is 14.2 Å². The second kappa shape index (κ2) is 8.26. The molecule has 0 saturated carbocycles. The first-order valence-corrected chi connectivity index (χ1v) is 12.4. The van der Waals surface area contributed by atoms with Crippen LogP contribution in [0.25, 0.3) is 0 Å². The van der Waals surface area contributed by atoms with Gasteiger partial charge in [0.25, 0.3) is 0 Å². The summed E-state index contributed by atoms with van der Waals surface area (Å²) in [7, 11) is 1.56. The van der Waals surface area contributed by atoms with Crippen LogP contribution in [0.3, 0.4) is 0 Å². The number of carbonyl (C=O) groups excluding carboxylic acids is 2. The van der Waals surface area contributed by atoms with E-state index >= 15 is 0 Å². The Kier molecular flexibility index (Phi) is 5.54. The standard InChI is InChI=1S/C30H32O6/c1-14(2)20-22-25(36-26-16(4)29(34-7)30(5,6)28(33)23(20)26)15(3)24(32)21-18(31)13-19(35-27(21)22)17-11-9-8-10-12-17/h8-12,14,19-20,32H,13H2,1-7H3/t19-,20-/m0/s1. The third-order valence-corrected chi connectivity index (χ3v) is 7.73. The van der Waals surface area contributed by atoms with E-state index in [1.54, 1.807) is 14.0 Å². The van der Waals surface area contributed by atoms with Gasteiger partial charge in [-0.05, 0) is 39.2 Å². The van der Waals surface area contributed by atoms with Crippen LogP contribution in [0.1, 0.15) is 80.1 Å². The Morgan fingerprint density at radius 2 is 1.75 bits per heavy atom. The Morgan fingerprint density at radius 3 is 2.36 bits per heavy atom. The summed E-state index contributed by atoms with van der Waals surface area (Å²) in [6.07, 6.45) is -0.379. The summed E-state index contributed by atoms with van der Waals surface area (Å²) in [6, 6.07) is 9.57. The zero-order valence-electron chi connectivity index (χ0n) is 21.8. The van der Waals surface area contributed by atoms with Crippen LogP contribution in [0.5, 0.6) is 17.2 Å². The summed E-state index contributed by atoms with van der Waals surface area (Å²) in [4.78, 5) is 27.4. The largest absolute Gasteiger partial charge is 0.507 e. The molecule has 0 saturated heterocycles. The topological polar surface area (TPSA) is 82.1 Å². The van der Waals surface area contributed by atoms with Crippen LogP contribution in [0.15, 0.2) is 53.0 Å². The van der Waals surface area contributed by atoms with Crippen LogP contribution in [0.4, 0.5) is 0 Å². The van der Waals surface area contributed by atoms with Crippen molar-refractivity contribution >= 4 is 11.6 Å².